The van der Waals surface area contributed by atoms with Crippen LogP contribution in [0.5, 0.6) is 5.75 Å². The predicted molar refractivity (Wildman–Crippen MR) is 112 cm³/mol. The minimum Gasteiger partial charge on any atom is -0.665 e. The Morgan fingerprint density at radius 2 is 1.90 bits per heavy atom. The zero-order valence-corrected chi connectivity index (χ0v) is 20.4. The number of rotatable bonds is 5. The van der Waals surface area contributed by atoms with Crippen molar-refractivity contribution in [2.24, 2.45) is 0 Å². The van der Waals surface area contributed by atoms with Gasteiger partial charge in [-0.05, 0) is 57.8 Å². The lowest BCUT2D eigenvalue weighted by molar-refractivity contribution is -0.631. The third kappa shape index (κ3) is 5.73. The number of carbonyl (C=O) groups is 1. The van der Waals surface area contributed by atoms with Gasteiger partial charge in [0.2, 0.25) is 0 Å². The van der Waals surface area contributed by atoms with Gasteiger partial charge in [0.05, 0.1) is 5.69 Å². The quantitative estimate of drug-likeness (QED) is 0.412. The molecule has 0 aliphatic carbocycles. The number of nitrogens with zero attached hydrogens (tertiary/aromatic N) is 3. The second kappa shape index (κ2) is 9.66. The molecule has 2 saturated heterocycles. The van der Waals surface area contributed by atoms with Crippen molar-refractivity contribution < 1.29 is 40.9 Å². The predicted octanol–water partition coefficient (Wildman–Crippen LogP) is 1.69. The highest BCUT2D eigenvalue weighted by atomic mass is 127. The van der Waals surface area contributed by atoms with Crippen LogP contribution in [-0.2, 0) is 0 Å². The number of benzene rings is 1. The number of piperidine rings is 2. The van der Waals surface area contributed by atoms with Gasteiger partial charge in [-0.25, -0.2) is 4.98 Å². The Hall–Kier alpha value is -1.33. The highest BCUT2D eigenvalue weighted by molar-refractivity contribution is 7.17. The van der Waals surface area contributed by atoms with Crippen molar-refractivity contribution >= 4 is 17.2 Å². The van der Waals surface area contributed by atoms with Gasteiger partial charge in [0.15, 0.2) is 0 Å². The molecule has 0 bridgehead atoms. The van der Waals surface area contributed by atoms with Crippen LogP contribution in [0.2, 0.25) is 0 Å². The van der Waals surface area contributed by atoms with Crippen molar-refractivity contribution in [1.29, 1.82) is 0 Å². The van der Waals surface area contributed by atoms with Gasteiger partial charge in [-0.1, -0.05) is 18.6 Å². The maximum Gasteiger partial charge on any atom is 0.274 e. The molecule has 2 aromatic rings. The summed E-state index contributed by atoms with van der Waals surface area (Å²) in [5, 5.41) is 0.631. The van der Waals surface area contributed by atoms with Gasteiger partial charge >= 0.3 is 0 Å². The monoisotopic (exact) mass is 561 g/mol. The Morgan fingerprint density at radius 3 is 2.58 bits per heavy atom. The molecule has 1 radical (unpaired) electrons. The molecule has 2 aliphatic heterocycles. The summed E-state index contributed by atoms with van der Waals surface area (Å²) in [6, 6.07) is 7.03. The largest absolute Gasteiger partial charge is 0.665 e. The van der Waals surface area contributed by atoms with E-state index >= 15 is 0 Å². The fourth-order valence-electron chi connectivity index (χ4n) is 4.41. The van der Waals surface area contributed by atoms with Crippen LogP contribution in [0.25, 0.3) is 10.6 Å². The van der Waals surface area contributed by atoms with E-state index in [1.807, 2.05) is 11.8 Å². The molecule has 0 unspecified atom stereocenters. The van der Waals surface area contributed by atoms with E-state index < -0.39 is 4.12 Å². The smallest absolute Gasteiger partial charge is 0.274 e. The van der Waals surface area contributed by atoms with Crippen molar-refractivity contribution in [2.75, 3.05) is 26.2 Å². The molecule has 0 saturated carbocycles. The standard InChI is InChI=1S/C22H26F2IN3O2S/c1-15-19(21(29)28-12-8-17(9-13-28)27-10-3-2-4-11-27)31-20(26-15)16-6-5-7-18(14-16)30-22(23,24)25/h5-7,14,17H,2-4,8-13H2,1H3/q-1. The Bertz CT molecular complexity index is 920. The number of carbonyl (C=O) groups excluding carboxylic acids is 1. The van der Waals surface area contributed by atoms with Gasteiger partial charge in [-0.3, -0.25) is 4.79 Å². The van der Waals surface area contributed by atoms with Gasteiger partial charge < -0.3 is 37.1 Å². The van der Waals surface area contributed by atoms with Crippen molar-refractivity contribution in [2.45, 2.75) is 49.2 Å². The van der Waals surface area contributed by atoms with Crippen LogP contribution in [0.1, 0.15) is 47.5 Å². The SMILES string of the molecule is Cc1nc(-c2cccc(OC(F)(F)[I-])c2)sc1C(=O)N1CCC(N2CCCCC2)CC1. The van der Waals surface area contributed by atoms with Gasteiger partial charge in [-0.2, -0.15) is 8.78 Å². The van der Waals surface area contributed by atoms with Gasteiger partial charge in [0.25, 0.3) is 10.0 Å². The first kappa shape index (κ1) is 22.8. The van der Waals surface area contributed by atoms with Crippen LogP contribution >= 0.6 is 11.3 Å². The number of aromatic nitrogens is 1. The molecule has 1 aromatic heterocycles. The summed E-state index contributed by atoms with van der Waals surface area (Å²) >= 11 is 2.26. The van der Waals surface area contributed by atoms with Crippen LogP contribution in [0.15, 0.2) is 24.3 Å². The molecule has 3 heterocycles. The molecule has 4 rings (SSSR count). The molecular formula is C22H26F2IN3O2S-. The maximum atomic E-state index is 13.2. The normalized spacial score (nSPS) is 18.9. The topological polar surface area (TPSA) is 45.7 Å². The Kier molecular flexibility index (Phi) is 7.12. The molecular weight excluding hydrogens is 535 g/mol. The second-order valence-electron chi connectivity index (χ2n) is 8.13. The molecule has 5 nitrogen and oxygen atoms in total. The highest BCUT2D eigenvalue weighted by Crippen LogP contribution is 2.32. The van der Waals surface area contributed by atoms with Crippen LogP contribution in [0, 0.1) is 6.92 Å². The highest BCUT2D eigenvalue weighted by Gasteiger charge is 2.29. The minimum absolute atomic E-state index is 0.0181. The van der Waals surface area contributed by atoms with E-state index in [-0.39, 0.29) is 11.7 Å². The zero-order valence-electron chi connectivity index (χ0n) is 17.5. The molecule has 0 spiro atoms. The van der Waals surface area contributed by atoms with Crippen molar-refractivity contribution in [1.82, 2.24) is 14.8 Å². The zero-order chi connectivity index (χ0) is 22.0. The molecule has 2 fully saturated rings. The van der Waals surface area contributed by atoms with Gasteiger partial charge in [0, 0.05) is 24.7 Å². The first-order valence-electron chi connectivity index (χ1n) is 10.7. The number of amides is 1. The van der Waals surface area contributed by atoms with E-state index in [0.717, 1.165) is 48.5 Å². The number of halogens is 3. The lowest BCUT2D eigenvalue weighted by Crippen LogP contribution is -3.42. The first-order valence-corrected chi connectivity index (χ1v) is 12.6. The molecule has 1 amide bonds. The number of alkyl halides is 3. The summed E-state index contributed by atoms with van der Waals surface area (Å²) in [6.45, 7) is 5.72. The number of likely N-dealkylation sites (tertiary alicyclic amines) is 2. The fraction of sp³-hybridized carbons (Fsp3) is 0.545. The molecule has 9 heteroatoms. The lowest BCUT2D eigenvalue weighted by Gasteiger charge is -2.40. The van der Waals surface area contributed by atoms with Crippen LogP contribution in [-0.4, -0.2) is 57.0 Å². The summed E-state index contributed by atoms with van der Waals surface area (Å²) in [4.78, 5) is 22.8. The van der Waals surface area contributed by atoms with E-state index in [9.17, 15) is 13.6 Å². The molecule has 0 N–H and O–H groups in total. The molecule has 0 atom stereocenters. The second-order valence-corrected chi connectivity index (χ2v) is 10.4. The average molecular weight is 561 g/mol. The Labute approximate surface area is 198 Å². The molecule has 31 heavy (non-hydrogen) atoms. The molecule has 169 valence electrons. The van der Waals surface area contributed by atoms with Crippen molar-refractivity contribution in [3.05, 3.63) is 34.8 Å². The van der Waals surface area contributed by atoms with E-state index in [2.05, 4.69) is 14.6 Å². The van der Waals surface area contributed by atoms with Crippen molar-refractivity contribution in [3.63, 3.8) is 0 Å². The van der Waals surface area contributed by atoms with Crippen LogP contribution in [0.4, 0.5) is 8.78 Å². The lowest BCUT2D eigenvalue weighted by atomic mass is 10.00. The van der Waals surface area contributed by atoms with Crippen LogP contribution in [0.3, 0.4) is 0 Å². The summed E-state index contributed by atoms with van der Waals surface area (Å²) in [6.07, 6.45) is 5.92. The maximum absolute atomic E-state index is 13.2. The van der Waals surface area contributed by atoms with Crippen LogP contribution < -0.4 is 27.3 Å². The van der Waals surface area contributed by atoms with E-state index in [4.69, 9.17) is 0 Å². The summed E-state index contributed by atoms with van der Waals surface area (Å²) in [5.41, 5.74) is 1.34. The summed E-state index contributed by atoms with van der Waals surface area (Å²) in [5.74, 6) is 0.0851. The van der Waals surface area contributed by atoms with E-state index in [1.165, 1.54) is 55.8 Å². The third-order valence-electron chi connectivity index (χ3n) is 5.96. The Morgan fingerprint density at radius 1 is 1.19 bits per heavy atom. The van der Waals surface area contributed by atoms with Crippen molar-refractivity contribution in [3.8, 4) is 16.3 Å². The number of ether oxygens (including phenoxy) is 1. The average Bonchev–Trinajstić information content (AvgIpc) is 3.15. The first-order chi connectivity index (χ1) is 14.8. The third-order valence-corrected chi connectivity index (χ3v) is 7.38. The molecule has 1 aromatic carbocycles. The fourth-order valence-corrected chi connectivity index (χ4v) is 5.69. The van der Waals surface area contributed by atoms with Gasteiger partial charge in [0.1, 0.15) is 15.6 Å². The molecule has 2 aliphatic rings. The van der Waals surface area contributed by atoms with E-state index in [1.54, 1.807) is 12.1 Å². The van der Waals surface area contributed by atoms with Gasteiger partial charge in [-0.15, -0.1) is 11.3 Å². The number of hydrogen-bond acceptors (Lipinski definition) is 5. The summed E-state index contributed by atoms with van der Waals surface area (Å²) < 4.78 is 27.7. The number of thiazole rings is 1. The summed E-state index contributed by atoms with van der Waals surface area (Å²) in [7, 11) is 0. The minimum atomic E-state index is -3.28. The Balaban J connectivity index is 1.43. The number of aryl methyl sites for hydroxylation is 1. The van der Waals surface area contributed by atoms with E-state index in [0.29, 0.717) is 27.2 Å². The number of hydrogen-bond donors (Lipinski definition) is 0.